The van der Waals surface area contributed by atoms with E-state index in [0.717, 1.165) is 18.1 Å². The van der Waals surface area contributed by atoms with Crippen molar-refractivity contribution < 1.29 is 0 Å². The van der Waals surface area contributed by atoms with Crippen LogP contribution in [0.4, 0.5) is 0 Å². The molecule has 3 nitrogen and oxygen atoms in total. The van der Waals surface area contributed by atoms with Crippen molar-refractivity contribution in [1.29, 1.82) is 0 Å². The third-order valence-electron chi connectivity index (χ3n) is 4.16. The molecule has 1 saturated heterocycles. The Morgan fingerprint density at radius 2 is 2.14 bits per heavy atom. The molecule has 1 aliphatic heterocycles. The Morgan fingerprint density at radius 1 is 1.33 bits per heavy atom. The molecule has 1 aromatic carbocycles. The molecule has 0 bridgehead atoms. The fourth-order valence-corrected chi connectivity index (χ4v) is 3.62. The number of nitrogens with one attached hydrogen (secondary N) is 1. The van der Waals surface area contributed by atoms with Gasteiger partial charge in [-0.1, -0.05) is 29.8 Å². The van der Waals surface area contributed by atoms with E-state index in [2.05, 4.69) is 53.8 Å². The second-order valence-electron chi connectivity index (χ2n) is 5.93. The largest absolute Gasteiger partial charge is 0.315 e. The van der Waals surface area contributed by atoms with E-state index in [1.165, 1.54) is 36.2 Å². The van der Waals surface area contributed by atoms with Crippen LogP contribution in [-0.4, -0.2) is 36.1 Å². The highest BCUT2D eigenvalue weighted by Crippen LogP contribution is 2.25. The van der Waals surface area contributed by atoms with Crippen LogP contribution >= 0.6 is 11.3 Å². The Morgan fingerprint density at radius 3 is 2.86 bits per heavy atom. The third-order valence-corrected chi connectivity index (χ3v) is 5.10. The van der Waals surface area contributed by atoms with Crippen LogP contribution in [-0.2, 0) is 6.54 Å². The zero-order chi connectivity index (χ0) is 14.7. The summed E-state index contributed by atoms with van der Waals surface area (Å²) in [5.74, 6) is 0. The van der Waals surface area contributed by atoms with Gasteiger partial charge in [-0.25, -0.2) is 4.98 Å². The van der Waals surface area contributed by atoms with Gasteiger partial charge in [0.2, 0.25) is 0 Å². The molecule has 112 valence electrons. The highest BCUT2D eigenvalue weighted by Gasteiger charge is 2.18. The monoisotopic (exact) mass is 301 g/mol. The number of hydrogen-bond donors (Lipinski definition) is 1. The minimum atomic E-state index is 0.642. The van der Waals surface area contributed by atoms with Crippen molar-refractivity contribution in [1.82, 2.24) is 15.2 Å². The lowest BCUT2D eigenvalue weighted by Crippen LogP contribution is -2.43. The molecule has 1 aliphatic rings. The van der Waals surface area contributed by atoms with E-state index < -0.39 is 0 Å². The SMILES string of the molecule is Cc1ccc(-c2nc(CN(C)C3CCCNC3)cs2)cc1. The van der Waals surface area contributed by atoms with Gasteiger partial charge in [-0.05, 0) is 33.4 Å². The first-order valence-corrected chi connectivity index (χ1v) is 8.53. The van der Waals surface area contributed by atoms with Crippen molar-refractivity contribution in [2.45, 2.75) is 32.4 Å². The Balaban J connectivity index is 1.65. The minimum Gasteiger partial charge on any atom is -0.315 e. The molecule has 4 heteroatoms. The fraction of sp³-hybridized carbons (Fsp3) is 0.471. The average molecular weight is 301 g/mol. The first kappa shape index (κ1) is 14.7. The summed E-state index contributed by atoms with van der Waals surface area (Å²) in [6, 6.07) is 9.26. The molecule has 2 heterocycles. The number of thiazole rings is 1. The van der Waals surface area contributed by atoms with Gasteiger partial charge in [0.25, 0.3) is 0 Å². The summed E-state index contributed by atoms with van der Waals surface area (Å²) in [6.07, 6.45) is 2.57. The Kier molecular flexibility index (Phi) is 4.68. The van der Waals surface area contributed by atoms with E-state index in [9.17, 15) is 0 Å². The standard InChI is InChI=1S/C17H23N3S/c1-13-5-7-14(8-6-13)17-19-15(12-21-17)11-20(2)16-4-3-9-18-10-16/h5-8,12,16,18H,3-4,9-11H2,1-2H3. The van der Waals surface area contributed by atoms with Crippen molar-refractivity contribution in [3.05, 3.63) is 40.9 Å². The normalized spacial score (nSPS) is 19.1. The molecular weight excluding hydrogens is 278 g/mol. The summed E-state index contributed by atoms with van der Waals surface area (Å²) in [7, 11) is 2.21. The second kappa shape index (κ2) is 6.69. The van der Waals surface area contributed by atoms with Crippen LogP contribution in [0, 0.1) is 6.92 Å². The number of rotatable bonds is 4. The van der Waals surface area contributed by atoms with Crippen LogP contribution < -0.4 is 5.32 Å². The molecule has 1 unspecified atom stereocenters. The van der Waals surface area contributed by atoms with E-state index in [-0.39, 0.29) is 0 Å². The quantitative estimate of drug-likeness (QED) is 0.939. The lowest BCUT2D eigenvalue weighted by molar-refractivity contribution is 0.194. The van der Waals surface area contributed by atoms with Gasteiger partial charge in [0.05, 0.1) is 5.69 Å². The van der Waals surface area contributed by atoms with Crippen LogP contribution in [0.5, 0.6) is 0 Å². The van der Waals surface area contributed by atoms with Gasteiger partial charge in [0.1, 0.15) is 5.01 Å². The summed E-state index contributed by atoms with van der Waals surface area (Å²) in [6.45, 7) is 5.32. The zero-order valence-electron chi connectivity index (χ0n) is 12.8. The molecule has 1 aromatic heterocycles. The maximum Gasteiger partial charge on any atom is 0.123 e. The average Bonchev–Trinajstić information content (AvgIpc) is 2.97. The van der Waals surface area contributed by atoms with Crippen molar-refractivity contribution in [2.75, 3.05) is 20.1 Å². The molecule has 0 radical (unpaired) electrons. The molecule has 1 atom stereocenters. The van der Waals surface area contributed by atoms with Gasteiger partial charge in [-0.3, -0.25) is 4.90 Å². The molecule has 21 heavy (non-hydrogen) atoms. The fourth-order valence-electron chi connectivity index (χ4n) is 2.80. The first-order valence-electron chi connectivity index (χ1n) is 7.65. The molecule has 0 amide bonds. The van der Waals surface area contributed by atoms with Gasteiger partial charge < -0.3 is 5.32 Å². The topological polar surface area (TPSA) is 28.2 Å². The molecular formula is C17H23N3S. The van der Waals surface area contributed by atoms with E-state index in [1.807, 2.05) is 0 Å². The van der Waals surface area contributed by atoms with Gasteiger partial charge in [0, 0.05) is 30.1 Å². The number of nitrogens with zero attached hydrogens (tertiary/aromatic N) is 2. The Hall–Kier alpha value is -1.23. The number of aromatic nitrogens is 1. The van der Waals surface area contributed by atoms with Crippen molar-refractivity contribution in [2.24, 2.45) is 0 Å². The van der Waals surface area contributed by atoms with Gasteiger partial charge in [-0.2, -0.15) is 0 Å². The van der Waals surface area contributed by atoms with Crippen molar-refractivity contribution in [3.63, 3.8) is 0 Å². The van der Waals surface area contributed by atoms with E-state index in [4.69, 9.17) is 4.98 Å². The maximum atomic E-state index is 4.80. The number of hydrogen-bond acceptors (Lipinski definition) is 4. The van der Waals surface area contributed by atoms with Crippen LogP contribution in [0.3, 0.4) is 0 Å². The van der Waals surface area contributed by atoms with Gasteiger partial charge in [-0.15, -0.1) is 11.3 Å². The summed E-state index contributed by atoms with van der Waals surface area (Å²) in [5.41, 5.74) is 3.70. The number of piperidine rings is 1. The second-order valence-corrected chi connectivity index (χ2v) is 6.78. The summed E-state index contributed by atoms with van der Waals surface area (Å²) in [5, 5.41) is 6.80. The van der Waals surface area contributed by atoms with Gasteiger partial charge >= 0.3 is 0 Å². The predicted molar refractivity (Wildman–Crippen MR) is 89.6 cm³/mol. The van der Waals surface area contributed by atoms with Crippen molar-refractivity contribution in [3.8, 4) is 10.6 Å². The van der Waals surface area contributed by atoms with Gasteiger partial charge in [0.15, 0.2) is 0 Å². The van der Waals surface area contributed by atoms with E-state index >= 15 is 0 Å². The Labute approximate surface area is 131 Å². The molecule has 3 rings (SSSR count). The first-order chi connectivity index (χ1) is 10.2. The van der Waals surface area contributed by atoms with E-state index in [0.29, 0.717) is 6.04 Å². The smallest absolute Gasteiger partial charge is 0.123 e. The molecule has 1 fully saturated rings. The van der Waals surface area contributed by atoms with E-state index in [1.54, 1.807) is 11.3 Å². The van der Waals surface area contributed by atoms with Crippen LogP contribution in [0.25, 0.3) is 10.6 Å². The Bertz CT molecular complexity index is 570. The highest BCUT2D eigenvalue weighted by molar-refractivity contribution is 7.13. The highest BCUT2D eigenvalue weighted by atomic mass is 32.1. The maximum absolute atomic E-state index is 4.80. The van der Waals surface area contributed by atoms with Crippen LogP contribution in [0.2, 0.25) is 0 Å². The molecule has 1 N–H and O–H groups in total. The van der Waals surface area contributed by atoms with Crippen molar-refractivity contribution >= 4 is 11.3 Å². The molecule has 0 spiro atoms. The number of benzene rings is 1. The molecule has 0 aliphatic carbocycles. The lowest BCUT2D eigenvalue weighted by Gasteiger charge is -2.31. The lowest BCUT2D eigenvalue weighted by atomic mass is 10.1. The zero-order valence-corrected chi connectivity index (χ0v) is 13.6. The molecule has 2 aromatic rings. The third kappa shape index (κ3) is 3.70. The van der Waals surface area contributed by atoms with Crippen LogP contribution in [0.1, 0.15) is 24.1 Å². The minimum absolute atomic E-state index is 0.642. The number of aryl methyl sites for hydroxylation is 1. The predicted octanol–water partition coefficient (Wildman–Crippen LogP) is 3.30. The van der Waals surface area contributed by atoms with Crippen LogP contribution in [0.15, 0.2) is 29.6 Å². The summed E-state index contributed by atoms with van der Waals surface area (Å²) in [4.78, 5) is 7.23. The molecule has 0 saturated carbocycles. The summed E-state index contributed by atoms with van der Waals surface area (Å²) < 4.78 is 0. The number of likely N-dealkylation sites (N-methyl/N-ethyl adjacent to an activating group) is 1. The summed E-state index contributed by atoms with van der Waals surface area (Å²) >= 11 is 1.74.